The van der Waals surface area contributed by atoms with E-state index in [0.717, 1.165) is 0 Å². The molecule has 7 rings (SSSR count). The number of benzene rings is 4. The maximum absolute atomic E-state index is 2.44. The second-order valence-electron chi connectivity index (χ2n) is 8.14. The highest BCUT2D eigenvalue weighted by Gasteiger charge is 2.43. The predicted octanol–water partition coefficient (Wildman–Crippen LogP) is 7.91. The molecule has 0 saturated carbocycles. The van der Waals surface area contributed by atoms with Gasteiger partial charge in [0.25, 0.3) is 0 Å². The van der Waals surface area contributed by atoms with Gasteiger partial charge in [-0.1, -0.05) is 91.0 Å². The molecule has 1 aromatic heterocycles. The lowest BCUT2D eigenvalue weighted by molar-refractivity contribution is 0.803. The summed E-state index contributed by atoms with van der Waals surface area (Å²) in [6.07, 6.45) is 4.80. The first-order chi connectivity index (χ1) is 14.9. The van der Waals surface area contributed by atoms with Crippen molar-refractivity contribution in [3.8, 4) is 22.3 Å². The van der Waals surface area contributed by atoms with Crippen LogP contribution in [0.15, 0.2) is 102 Å². The minimum atomic E-state index is -0.280. The van der Waals surface area contributed by atoms with Crippen LogP contribution in [0.5, 0.6) is 0 Å². The molecule has 0 aliphatic heterocycles. The lowest BCUT2D eigenvalue weighted by atomic mass is 9.69. The minimum absolute atomic E-state index is 0.280. The van der Waals surface area contributed by atoms with Crippen molar-refractivity contribution < 1.29 is 0 Å². The molecule has 0 saturated heterocycles. The summed E-state index contributed by atoms with van der Waals surface area (Å²) in [5, 5.41) is 3.57. The van der Waals surface area contributed by atoms with Crippen LogP contribution in [-0.4, -0.2) is 0 Å². The Labute approximate surface area is 179 Å². The Morgan fingerprint density at radius 2 is 1.13 bits per heavy atom. The van der Waals surface area contributed by atoms with E-state index in [0.29, 0.717) is 0 Å². The lowest BCUT2D eigenvalue weighted by Gasteiger charge is -2.32. The third-order valence-corrected chi connectivity index (χ3v) is 7.70. The van der Waals surface area contributed by atoms with Crippen LogP contribution in [0.4, 0.5) is 0 Å². The smallest absolute Gasteiger partial charge is 0.0653 e. The van der Waals surface area contributed by atoms with Crippen LogP contribution >= 0.6 is 11.3 Å². The van der Waals surface area contributed by atoms with Crippen molar-refractivity contribution in [2.45, 2.75) is 5.41 Å². The molecule has 30 heavy (non-hydrogen) atoms. The zero-order valence-electron chi connectivity index (χ0n) is 16.3. The molecule has 0 N–H and O–H groups in total. The third-order valence-electron chi connectivity index (χ3n) is 6.81. The van der Waals surface area contributed by atoms with E-state index in [9.17, 15) is 0 Å². The molecule has 0 atom stereocenters. The van der Waals surface area contributed by atoms with Crippen molar-refractivity contribution in [1.82, 2.24) is 0 Å². The molecule has 4 aromatic carbocycles. The van der Waals surface area contributed by atoms with E-state index in [-0.39, 0.29) is 5.41 Å². The highest BCUT2D eigenvalue weighted by Crippen LogP contribution is 2.56. The van der Waals surface area contributed by atoms with E-state index < -0.39 is 0 Å². The Bertz CT molecular complexity index is 1430. The standard InChI is InChI=1S/C29H18S/c1-2-8-20-19(7-1)21-9-3-5-11-25(21)29(26-12-6-4-10-22(20)26)17-15-23-24-16-18-30-28(24)14-13-27(23)29/h1-18H. The van der Waals surface area contributed by atoms with Gasteiger partial charge < -0.3 is 0 Å². The van der Waals surface area contributed by atoms with Crippen molar-refractivity contribution >= 4 is 27.5 Å². The maximum Gasteiger partial charge on any atom is 0.0653 e. The van der Waals surface area contributed by atoms with Crippen molar-refractivity contribution in [2.75, 3.05) is 0 Å². The van der Waals surface area contributed by atoms with Crippen LogP contribution in [0.1, 0.15) is 22.3 Å². The summed E-state index contributed by atoms with van der Waals surface area (Å²) in [6.45, 7) is 0. The first-order valence-corrected chi connectivity index (χ1v) is 11.2. The van der Waals surface area contributed by atoms with Gasteiger partial charge in [0.1, 0.15) is 0 Å². The van der Waals surface area contributed by atoms with Crippen LogP contribution in [0.25, 0.3) is 38.4 Å². The highest BCUT2D eigenvalue weighted by molar-refractivity contribution is 7.17. The van der Waals surface area contributed by atoms with Gasteiger partial charge in [-0.2, -0.15) is 0 Å². The van der Waals surface area contributed by atoms with E-state index >= 15 is 0 Å². The van der Waals surface area contributed by atoms with E-state index in [1.54, 1.807) is 0 Å². The molecule has 2 aliphatic rings. The van der Waals surface area contributed by atoms with Gasteiger partial charge in [0.2, 0.25) is 0 Å². The summed E-state index contributed by atoms with van der Waals surface area (Å²) in [5.74, 6) is 0. The fourth-order valence-corrected chi connectivity index (χ4v) is 6.38. The van der Waals surface area contributed by atoms with Crippen LogP contribution in [-0.2, 0) is 5.41 Å². The number of thiophene rings is 1. The van der Waals surface area contributed by atoms with Crippen molar-refractivity contribution in [1.29, 1.82) is 0 Å². The number of fused-ring (bicyclic) bond motifs is 11. The molecule has 2 aliphatic carbocycles. The minimum Gasteiger partial charge on any atom is -0.144 e. The van der Waals surface area contributed by atoms with Crippen molar-refractivity contribution in [2.24, 2.45) is 0 Å². The summed E-state index contributed by atoms with van der Waals surface area (Å²) < 4.78 is 1.36. The molecule has 0 nitrogen and oxygen atoms in total. The third kappa shape index (κ3) is 1.91. The molecule has 1 heterocycles. The summed E-state index contributed by atoms with van der Waals surface area (Å²) in [7, 11) is 0. The van der Waals surface area contributed by atoms with Crippen molar-refractivity contribution in [3.05, 3.63) is 125 Å². The van der Waals surface area contributed by atoms with Gasteiger partial charge in [-0.25, -0.2) is 0 Å². The van der Waals surface area contributed by atoms with Gasteiger partial charge in [0, 0.05) is 4.70 Å². The Morgan fingerprint density at radius 1 is 0.533 bits per heavy atom. The summed E-state index contributed by atoms with van der Waals surface area (Å²) in [5.41, 5.74) is 10.5. The van der Waals surface area contributed by atoms with Gasteiger partial charge in [0.15, 0.2) is 0 Å². The van der Waals surface area contributed by atoms with E-state index in [1.165, 1.54) is 54.6 Å². The molecule has 0 radical (unpaired) electrons. The first-order valence-electron chi connectivity index (χ1n) is 10.4. The van der Waals surface area contributed by atoms with E-state index in [2.05, 4.69) is 109 Å². The topological polar surface area (TPSA) is 0 Å². The van der Waals surface area contributed by atoms with E-state index in [1.807, 2.05) is 11.3 Å². The normalized spacial score (nSPS) is 14.8. The Kier molecular flexibility index (Phi) is 3.17. The number of rotatable bonds is 0. The van der Waals surface area contributed by atoms with Crippen LogP contribution < -0.4 is 0 Å². The van der Waals surface area contributed by atoms with Crippen LogP contribution in [0, 0.1) is 0 Å². The molecular weight excluding hydrogens is 380 g/mol. The second kappa shape index (κ2) is 5.81. The zero-order chi connectivity index (χ0) is 19.7. The average molecular weight is 399 g/mol. The summed E-state index contributed by atoms with van der Waals surface area (Å²) in [4.78, 5) is 0. The Morgan fingerprint density at radius 3 is 1.80 bits per heavy atom. The van der Waals surface area contributed by atoms with Gasteiger partial charge in [-0.05, 0) is 67.4 Å². The molecule has 1 heteroatoms. The predicted molar refractivity (Wildman–Crippen MR) is 128 cm³/mol. The van der Waals surface area contributed by atoms with Gasteiger partial charge in [-0.15, -0.1) is 11.3 Å². The largest absolute Gasteiger partial charge is 0.144 e. The van der Waals surface area contributed by atoms with E-state index in [4.69, 9.17) is 0 Å². The number of hydrogen-bond donors (Lipinski definition) is 0. The SMILES string of the molecule is C1=CC2(c3ccccc3-c3ccccc3-c3ccccc32)c2ccc3sccc3c21. The van der Waals surface area contributed by atoms with Gasteiger partial charge in [-0.3, -0.25) is 0 Å². The Hall–Kier alpha value is -3.42. The quantitative estimate of drug-likeness (QED) is 0.249. The fraction of sp³-hybridized carbons (Fsp3) is 0.0345. The average Bonchev–Trinajstić information content (AvgIpc) is 3.42. The summed E-state index contributed by atoms with van der Waals surface area (Å²) in [6, 6.07) is 33.7. The number of hydrogen-bond acceptors (Lipinski definition) is 1. The highest BCUT2D eigenvalue weighted by atomic mass is 32.1. The molecule has 0 amide bonds. The molecular formula is C29H18S. The molecule has 0 fully saturated rings. The molecule has 140 valence electrons. The monoisotopic (exact) mass is 398 g/mol. The molecule has 0 bridgehead atoms. The lowest BCUT2D eigenvalue weighted by Crippen LogP contribution is -2.26. The van der Waals surface area contributed by atoms with Crippen LogP contribution in [0.2, 0.25) is 0 Å². The van der Waals surface area contributed by atoms with Gasteiger partial charge in [0.05, 0.1) is 5.41 Å². The van der Waals surface area contributed by atoms with Crippen molar-refractivity contribution in [3.63, 3.8) is 0 Å². The fourth-order valence-electron chi connectivity index (χ4n) is 5.58. The van der Waals surface area contributed by atoms with Gasteiger partial charge >= 0.3 is 0 Å². The molecule has 0 unspecified atom stereocenters. The second-order valence-corrected chi connectivity index (χ2v) is 9.09. The number of allylic oxidation sites excluding steroid dienone is 1. The maximum atomic E-state index is 2.44. The van der Waals surface area contributed by atoms with Crippen LogP contribution in [0.3, 0.4) is 0 Å². The first kappa shape index (κ1) is 16.4. The zero-order valence-corrected chi connectivity index (χ0v) is 17.1. The molecule has 1 spiro atoms. The Balaban J connectivity index is 1.70. The molecule has 5 aromatic rings. The summed E-state index contributed by atoms with van der Waals surface area (Å²) >= 11 is 1.82.